The Labute approximate surface area is 166 Å². The molecule has 0 heterocycles. The largest absolute Gasteiger partial charge is 0.416 e. The summed E-state index contributed by atoms with van der Waals surface area (Å²) >= 11 is 5.02. The van der Waals surface area contributed by atoms with Gasteiger partial charge in [0.25, 0.3) is 0 Å². The number of halogens is 6. The summed E-state index contributed by atoms with van der Waals surface area (Å²) in [5.74, 6) is 0. The van der Waals surface area contributed by atoms with Gasteiger partial charge in [0.1, 0.15) is 0 Å². The highest BCUT2D eigenvalue weighted by molar-refractivity contribution is 7.80. The number of hydrogen-bond acceptors (Lipinski definition) is 2. The number of hydrogen-bond donors (Lipinski definition) is 2. The monoisotopic (exact) mass is 433 g/mol. The van der Waals surface area contributed by atoms with E-state index in [1.807, 2.05) is 0 Å². The molecule has 0 spiro atoms. The van der Waals surface area contributed by atoms with E-state index in [4.69, 9.17) is 17.7 Å². The van der Waals surface area contributed by atoms with E-state index in [0.29, 0.717) is 17.7 Å². The van der Waals surface area contributed by atoms with Crippen molar-refractivity contribution in [3.63, 3.8) is 0 Å². The molecule has 0 saturated carbocycles. The molecule has 0 amide bonds. The van der Waals surface area contributed by atoms with Gasteiger partial charge >= 0.3 is 12.4 Å². The third-order valence-electron chi connectivity index (χ3n) is 3.68. The fourth-order valence-electron chi connectivity index (χ4n) is 2.39. The van der Waals surface area contributed by atoms with Crippen molar-refractivity contribution in [3.05, 3.63) is 75.7 Å². The summed E-state index contributed by atoms with van der Waals surface area (Å²) < 4.78 is 77.7. The summed E-state index contributed by atoms with van der Waals surface area (Å²) in [6, 6.07) is 8.97. The molecule has 0 unspecified atom stereocenters. The second-order valence-electron chi connectivity index (χ2n) is 5.77. The molecule has 2 aromatic rings. The van der Waals surface area contributed by atoms with E-state index in [1.54, 1.807) is 30.3 Å². The smallest absolute Gasteiger partial charge is 0.356 e. The lowest BCUT2D eigenvalue weighted by Crippen LogP contribution is -2.34. The maximum atomic E-state index is 13.0. The van der Waals surface area contributed by atoms with Crippen LogP contribution in [-0.2, 0) is 12.4 Å². The molecular formula is C17H13F6N5S. The van der Waals surface area contributed by atoms with Crippen molar-refractivity contribution in [3.8, 4) is 0 Å². The Morgan fingerprint density at radius 3 is 2.03 bits per heavy atom. The van der Waals surface area contributed by atoms with E-state index in [2.05, 4.69) is 20.7 Å². The van der Waals surface area contributed by atoms with Crippen LogP contribution < -0.4 is 10.6 Å². The van der Waals surface area contributed by atoms with Gasteiger partial charge in [-0.05, 0) is 41.5 Å². The van der Waals surface area contributed by atoms with Crippen molar-refractivity contribution >= 4 is 23.0 Å². The maximum absolute atomic E-state index is 13.0. The minimum atomic E-state index is -4.97. The van der Waals surface area contributed by atoms with E-state index < -0.39 is 35.2 Å². The van der Waals surface area contributed by atoms with Crippen LogP contribution in [0.4, 0.5) is 32.0 Å². The van der Waals surface area contributed by atoms with Gasteiger partial charge in [0.2, 0.25) is 0 Å². The number of anilines is 1. The average Bonchev–Trinajstić information content (AvgIpc) is 2.64. The minimum absolute atomic E-state index is 0.0239. The number of nitrogens with zero attached hydrogens (tertiary/aromatic N) is 3. The topological polar surface area (TPSA) is 72.8 Å². The predicted octanol–water partition coefficient (Wildman–Crippen LogP) is 6.06. The molecule has 0 saturated heterocycles. The first-order chi connectivity index (χ1) is 13.5. The van der Waals surface area contributed by atoms with Gasteiger partial charge in [-0.3, -0.25) is 0 Å². The van der Waals surface area contributed by atoms with E-state index in [0.717, 1.165) is 0 Å². The fourth-order valence-corrected chi connectivity index (χ4v) is 2.65. The molecule has 2 aromatic carbocycles. The molecule has 0 radical (unpaired) electrons. The zero-order valence-corrected chi connectivity index (χ0v) is 15.2. The van der Waals surface area contributed by atoms with Crippen molar-refractivity contribution in [1.29, 1.82) is 0 Å². The lowest BCUT2D eigenvalue weighted by Gasteiger charge is -2.21. The number of rotatable bonds is 5. The Morgan fingerprint density at radius 1 is 1.00 bits per heavy atom. The van der Waals surface area contributed by atoms with Crippen LogP contribution in [0.25, 0.3) is 10.4 Å². The molecular weight excluding hydrogens is 420 g/mol. The van der Waals surface area contributed by atoms with Crippen LogP contribution in [0.3, 0.4) is 0 Å². The molecule has 0 fully saturated rings. The molecule has 5 nitrogen and oxygen atoms in total. The Morgan fingerprint density at radius 2 is 1.55 bits per heavy atom. The molecule has 0 aliphatic heterocycles. The summed E-state index contributed by atoms with van der Waals surface area (Å²) in [6.07, 6.45) is -9.94. The number of nitrogens with one attached hydrogen (secondary N) is 2. The quantitative estimate of drug-likeness (QED) is 0.198. The molecule has 29 heavy (non-hydrogen) atoms. The lowest BCUT2D eigenvalue weighted by molar-refractivity contribution is -0.143. The molecule has 2 N–H and O–H groups in total. The Bertz CT molecular complexity index is 875. The van der Waals surface area contributed by atoms with E-state index in [9.17, 15) is 26.3 Å². The van der Waals surface area contributed by atoms with E-state index in [1.165, 1.54) is 0 Å². The van der Waals surface area contributed by atoms with Crippen LogP contribution >= 0.6 is 12.2 Å². The van der Waals surface area contributed by atoms with Crippen molar-refractivity contribution in [1.82, 2.24) is 5.32 Å². The van der Waals surface area contributed by atoms with Crippen molar-refractivity contribution in [2.24, 2.45) is 5.11 Å². The van der Waals surface area contributed by atoms with Gasteiger partial charge in [-0.1, -0.05) is 35.4 Å². The first-order valence-electron chi connectivity index (χ1n) is 7.93. The second kappa shape index (κ2) is 9.01. The van der Waals surface area contributed by atoms with Gasteiger partial charge in [-0.2, -0.15) is 26.3 Å². The highest BCUT2D eigenvalue weighted by Gasteiger charge is 2.37. The normalized spacial score (nSPS) is 12.6. The molecule has 0 aromatic heterocycles. The van der Waals surface area contributed by atoms with Crippen LogP contribution in [0.15, 0.2) is 53.6 Å². The maximum Gasteiger partial charge on any atom is 0.416 e. The lowest BCUT2D eigenvalue weighted by atomic mass is 10.1. The van der Waals surface area contributed by atoms with Gasteiger partial charge in [0.15, 0.2) is 5.11 Å². The molecule has 0 aliphatic carbocycles. The van der Waals surface area contributed by atoms with Gasteiger partial charge in [0, 0.05) is 10.6 Å². The summed E-state index contributed by atoms with van der Waals surface area (Å²) in [5.41, 5.74) is 5.75. The van der Waals surface area contributed by atoms with E-state index >= 15 is 0 Å². The van der Waals surface area contributed by atoms with Gasteiger partial charge in [-0.15, -0.1) is 0 Å². The highest BCUT2D eigenvalue weighted by Crippen LogP contribution is 2.37. The molecule has 154 valence electrons. The molecule has 0 bridgehead atoms. The van der Waals surface area contributed by atoms with Crippen molar-refractivity contribution in [2.75, 3.05) is 11.9 Å². The molecule has 1 atom stereocenters. The standard InChI is InChI=1S/C17H13F6N5S/c18-16(19,20)11-6-12(17(21,22)23)8-13(7-11)26-15(29)27-14(9-25-28-24)10-4-2-1-3-5-10/h1-8,14H,9H2,(H2,26,27,29)/t14-/m0/s1. The Hall–Kier alpha value is -2.98. The number of thiocarbonyl (C=S) groups is 1. The Kier molecular flexibility index (Phi) is 6.93. The SMILES string of the molecule is [N-]=[N+]=NC[C@H](NC(=S)Nc1cc(C(F)(F)F)cc(C(F)(F)F)c1)c1ccccc1. The molecule has 12 heteroatoms. The van der Waals surface area contributed by atoms with Crippen LogP contribution in [0, 0.1) is 0 Å². The minimum Gasteiger partial charge on any atom is -0.356 e. The number of azide groups is 1. The first-order valence-corrected chi connectivity index (χ1v) is 8.34. The highest BCUT2D eigenvalue weighted by atomic mass is 32.1. The number of alkyl halides is 6. The fraction of sp³-hybridized carbons (Fsp3) is 0.235. The van der Waals surface area contributed by atoms with Crippen molar-refractivity contribution < 1.29 is 26.3 Å². The summed E-state index contributed by atoms with van der Waals surface area (Å²) in [5, 5.41) is 8.25. The third kappa shape index (κ3) is 6.54. The van der Waals surface area contributed by atoms with E-state index in [-0.39, 0.29) is 17.7 Å². The first kappa shape index (κ1) is 22.3. The zero-order chi connectivity index (χ0) is 21.7. The molecule has 2 rings (SSSR count). The molecule has 0 aliphatic rings. The number of benzene rings is 2. The predicted molar refractivity (Wildman–Crippen MR) is 99.0 cm³/mol. The van der Waals surface area contributed by atoms with Gasteiger partial charge in [0.05, 0.1) is 23.7 Å². The second-order valence-corrected chi connectivity index (χ2v) is 6.18. The summed E-state index contributed by atoms with van der Waals surface area (Å²) in [4.78, 5) is 2.64. The summed E-state index contributed by atoms with van der Waals surface area (Å²) in [6.45, 7) is -0.0846. The van der Waals surface area contributed by atoms with Crippen LogP contribution in [-0.4, -0.2) is 11.7 Å². The van der Waals surface area contributed by atoms with Crippen LogP contribution in [0.2, 0.25) is 0 Å². The Balaban J connectivity index is 2.27. The van der Waals surface area contributed by atoms with Gasteiger partial charge in [-0.25, -0.2) is 0 Å². The van der Waals surface area contributed by atoms with Crippen LogP contribution in [0.5, 0.6) is 0 Å². The van der Waals surface area contributed by atoms with Crippen LogP contribution in [0.1, 0.15) is 22.7 Å². The third-order valence-corrected chi connectivity index (χ3v) is 3.90. The average molecular weight is 433 g/mol. The van der Waals surface area contributed by atoms with Crippen molar-refractivity contribution in [2.45, 2.75) is 18.4 Å². The van der Waals surface area contributed by atoms with Gasteiger partial charge < -0.3 is 10.6 Å². The zero-order valence-electron chi connectivity index (χ0n) is 14.4. The summed E-state index contributed by atoms with van der Waals surface area (Å²) in [7, 11) is 0.